The highest BCUT2D eigenvalue weighted by Crippen LogP contribution is 2.28. The largest absolute Gasteiger partial charge is 0.492 e. The monoisotopic (exact) mass is 274 g/mol. The lowest BCUT2D eigenvalue weighted by molar-refractivity contribution is 0.423. The van der Waals surface area contributed by atoms with Crippen molar-refractivity contribution >= 4 is 49.9 Å². The van der Waals surface area contributed by atoms with Gasteiger partial charge in [-0.15, -0.1) is 11.3 Å². The predicted molar refractivity (Wildman–Crippen MR) is 59.3 cm³/mol. The molecule has 2 rings (SSSR count). The molecule has 0 spiro atoms. The molecule has 0 aliphatic heterocycles. The number of fused-ring (bicyclic) bond motifs is 1. The summed E-state index contributed by atoms with van der Waals surface area (Å²) in [7, 11) is -1.80. The van der Waals surface area contributed by atoms with E-state index in [0.717, 1.165) is 10.1 Å². The zero-order valence-corrected chi connectivity index (χ0v) is 9.27. The molecule has 2 N–H and O–H groups in total. The van der Waals surface area contributed by atoms with Gasteiger partial charge in [-0.05, 0) is 17.5 Å². The Morgan fingerprint density at radius 1 is 1.43 bits per heavy atom. The first-order valence-electron chi connectivity index (χ1n) is 3.82. The van der Waals surface area contributed by atoms with E-state index in [-0.39, 0.29) is 5.46 Å². The molecule has 1 aromatic heterocycles. The molecule has 0 bridgehead atoms. The minimum absolute atomic E-state index is 0.115. The van der Waals surface area contributed by atoms with Gasteiger partial charge in [-0.2, -0.15) is 0 Å². The van der Waals surface area contributed by atoms with Crippen LogP contribution >= 0.6 is 27.3 Å². The maximum absolute atomic E-state index is 13.4. The van der Waals surface area contributed by atoms with E-state index in [9.17, 15) is 4.39 Å². The van der Waals surface area contributed by atoms with Crippen LogP contribution in [0.2, 0.25) is 0 Å². The second-order valence-corrected chi connectivity index (χ2v) is 4.53. The Labute approximate surface area is 92.3 Å². The molecular formula is C8H5BBrFO2S. The topological polar surface area (TPSA) is 40.5 Å². The zero-order valence-electron chi connectivity index (χ0n) is 6.87. The van der Waals surface area contributed by atoms with Crippen LogP contribution in [0.4, 0.5) is 4.39 Å². The normalized spacial score (nSPS) is 10.9. The fraction of sp³-hybridized carbons (Fsp3) is 0. The number of benzene rings is 1. The van der Waals surface area contributed by atoms with Crippen molar-refractivity contribution in [1.82, 2.24) is 0 Å². The van der Waals surface area contributed by atoms with Crippen LogP contribution in [0.25, 0.3) is 10.1 Å². The standard InChI is InChI=1S/C8H5BBrFO2S/c10-8-4-1-2-14-6(4)3-5(11)7(8)9(12)13/h1-3,12-13H. The van der Waals surface area contributed by atoms with Gasteiger partial charge in [0.25, 0.3) is 0 Å². The first kappa shape index (κ1) is 10.1. The van der Waals surface area contributed by atoms with Crippen LogP contribution in [0.1, 0.15) is 0 Å². The second kappa shape index (κ2) is 3.62. The van der Waals surface area contributed by atoms with Crippen molar-refractivity contribution in [3.63, 3.8) is 0 Å². The molecule has 72 valence electrons. The van der Waals surface area contributed by atoms with Crippen molar-refractivity contribution in [1.29, 1.82) is 0 Å². The predicted octanol–water partition coefficient (Wildman–Crippen LogP) is 1.48. The maximum Gasteiger partial charge on any atom is 0.492 e. The number of hydrogen-bond acceptors (Lipinski definition) is 3. The van der Waals surface area contributed by atoms with E-state index >= 15 is 0 Å². The lowest BCUT2D eigenvalue weighted by Gasteiger charge is -2.05. The SMILES string of the molecule is OB(O)c1c(F)cc2sccc2c1Br. The molecule has 0 radical (unpaired) electrons. The zero-order chi connectivity index (χ0) is 10.3. The number of hydrogen-bond donors (Lipinski definition) is 2. The van der Waals surface area contributed by atoms with Crippen molar-refractivity contribution in [3.8, 4) is 0 Å². The van der Waals surface area contributed by atoms with Gasteiger partial charge in [0.05, 0.1) is 0 Å². The third kappa shape index (κ3) is 1.48. The summed E-state index contributed by atoms with van der Waals surface area (Å²) in [4.78, 5) is 0. The van der Waals surface area contributed by atoms with Gasteiger partial charge in [-0.1, -0.05) is 15.9 Å². The summed E-state index contributed by atoms with van der Waals surface area (Å²) in [6, 6.07) is 3.11. The van der Waals surface area contributed by atoms with E-state index in [1.54, 1.807) is 6.07 Å². The molecule has 0 unspecified atom stereocenters. The summed E-state index contributed by atoms with van der Waals surface area (Å²) in [6.07, 6.45) is 0. The number of halogens is 2. The van der Waals surface area contributed by atoms with E-state index in [1.165, 1.54) is 17.4 Å². The Kier molecular flexibility index (Phi) is 2.61. The molecule has 0 saturated heterocycles. The summed E-state index contributed by atoms with van der Waals surface area (Å²) in [5.41, 5.74) is -0.115. The lowest BCUT2D eigenvalue weighted by atomic mass is 9.79. The van der Waals surface area contributed by atoms with Crippen molar-refractivity contribution < 1.29 is 14.4 Å². The molecule has 0 aliphatic rings. The first-order valence-corrected chi connectivity index (χ1v) is 5.49. The Hall–Kier alpha value is -0.425. The average Bonchev–Trinajstić information content (AvgIpc) is 2.50. The Balaban J connectivity index is 2.82. The van der Waals surface area contributed by atoms with Gasteiger partial charge in [0.1, 0.15) is 5.82 Å². The molecule has 0 aliphatic carbocycles. The maximum atomic E-state index is 13.4. The smallest absolute Gasteiger partial charge is 0.423 e. The average molecular weight is 275 g/mol. The van der Waals surface area contributed by atoms with E-state index in [0.29, 0.717) is 4.47 Å². The molecule has 6 heteroatoms. The number of thiophene rings is 1. The number of rotatable bonds is 1. The van der Waals surface area contributed by atoms with Crippen LogP contribution in [0.3, 0.4) is 0 Å². The molecule has 0 amide bonds. The third-order valence-corrected chi connectivity index (χ3v) is 3.66. The minimum atomic E-state index is -1.80. The highest BCUT2D eigenvalue weighted by molar-refractivity contribution is 9.10. The van der Waals surface area contributed by atoms with Gasteiger partial charge in [0, 0.05) is 20.0 Å². The Bertz CT molecular complexity index is 485. The molecule has 0 fully saturated rings. The molecule has 1 heterocycles. The minimum Gasteiger partial charge on any atom is -0.423 e. The van der Waals surface area contributed by atoms with Crippen LogP contribution in [-0.4, -0.2) is 17.2 Å². The summed E-state index contributed by atoms with van der Waals surface area (Å²) in [5.74, 6) is -0.609. The van der Waals surface area contributed by atoms with Crippen molar-refractivity contribution in [2.75, 3.05) is 0 Å². The summed E-state index contributed by atoms with van der Waals surface area (Å²) < 4.78 is 14.5. The second-order valence-electron chi connectivity index (χ2n) is 2.79. The summed E-state index contributed by atoms with van der Waals surface area (Å²) in [6.45, 7) is 0. The fourth-order valence-corrected chi connectivity index (χ4v) is 2.98. The third-order valence-electron chi connectivity index (χ3n) is 1.94. The highest BCUT2D eigenvalue weighted by Gasteiger charge is 2.22. The van der Waals surface area contributed by atoms with Gasteiger partial charge >= 0.3 is 7.12 Å². The van der Waals surface area contributed by atoms with E-state index < -0.39 is 12.9 Å². The molecular weight excluding hydrogens is 270 g/mol. The fourth-order valence-electron chi connectivity index (χ4n) is 1.29. The van der Waals surface area contributed by atoms with Crippen molar-refractivity contribution in [2.45, 2.75) is 0 Å². The summed E-state index contributed by atoms with van der Waals surface area (Å²) in [5, 5.41) is 20.6. The van der Waals surface area contributed by atoms with Crippen LogP contribution < -0.4 is 5.46 Å². The van der Waals surface area contributed by atoms with Gasteiger partial charge in [-0.25, -0.2) is 4.39 Å². The molecule has 2 aromatic rings. The Morgan fingerprint density at radius 2 is 2.14 bits per heavy atom. The Morgan fingerprint density at radius 3 is 2.79 bits per heavy atom. The van der Waals surface area contributed by atoms with Gasteiger partial charge in [0.15, 0.2) is 0 Å². The van der Waals surface area contributed by atoms with Gasteiger partial charge in [0.2, 0.25) is 0 Å². The van der Waals surface area contributed by atoms with Crippen molar-refractivity contribution in [2.24, 2.45) is 0 Å². The van der Waals surface area contributed by atoms with Crippen molar-refractivity contribution in [3.05, 3.63) is 27.8 Å². The highest BCUT2D eigenvalue weighted by atomic mass is 79.9. The molecule has 1 aromatic carbocycles. The quantitative estimate of drug-likeness (QED) is 0.774. The van der Waals surface area contributed by atoms with Crippen LogP contribution in [0.15, 0.2) is 22.0 Å². The van der Waals surface area contributed by atoms with Gasteiger partial charge in [-0.3, -0.25) is 0 Å². The molecule has 0 atom stereocenters. The van der Waals surface area contributed by atoms with E-state index in [1.807, 2.05) is 5.38 Å². The first-order chi connectivity index (χ1) is 6.61. The van der Waals surface area contributed by atoms with Crippen LogP contribution in [0.5, 0.6) is 0 Å². The van der Waals surface area contributed by atoms with Crippen LogP contribution in [-0.2, 0) is 0 Å². The molecule has 14 heavy (non-hydrogen) atoms. The lowest BCUT2D eigenvalue weighted by Crippen LogP contribution is -2.33. The van der Waals surface area contributed by atoms with Crippen LogP contribution in [0, 0.1) is 5.82 Å². The van der Waals surface area contributed by atoms with E-state index in [4.69, 9.17) is 10.0 Å². The van der Waals surface area contributed by atoms with Gasteiger partial charge < -0.3 is 10.0 Å². The summed E-state index contributed by atoms with van der Waals surface area (Å²) >= 11 is 4.56. The van der Waals surface area contributed by atoms with E-state index in [2.05, 4.69) is 15.9 Å². The molecule has 0 saturated carbocycles. The molecule has 2 nitrogen and oxygen atoms in total.